The molecule has 6 bridgehead atoms. The van der Waals surface area contributed by atoms with Gasteiger partial charge in [-0.25, -0.2) is 0 Å². The van der Waals surface area contributed by atoms with E-state index in [-0.39, 0.29) is 50.8 Å². The highest BCUT2D eigenvalue weighted by molar-refractivity contribution is 5.90. The standard InChI is InChI=1S/C26H35NO.C25H33NO2.C23H29NO2.C19H31N/c1-16(2)20-9-8-19-14-21-25(4)11-10-17(3)24-26(25,22(19)23(20)28-24)12-13-27(21)15-18-6-5-7-18;1-23(2,3)17-8-7-16-13-19-24(4)10-9-18(27)22-25(24,20(16)21(17)28-22)11-12-26(19)14-15-5-6-15;1-5-11-24-12-10-23-19-15-6-7-16(14(2)3)20(19)26-21(23)17(25)8-9-22(23,4)18(24)13-15;1-15(2)19(17-11-8-9-16(3)13-17)12-7-6-10-18(19)14-20(4)5/h8-9,16,18,21,24H,3,5-7,10-15H2,1-2,4H3;7-8,15,19,22H,5-6,9-14H2,1-4H3;5-7,14,18,21H,1,8-13H2,2-4H3;8-9,11,13,15,18H,6-7,10,12,14H2,1-5H3. The van der Waals surface area contributed by atoms with Crippen molar-refractivity contribution in [3.8, 4) is 17.2 Å². The molecule has 14 unspecified atom stereocenters. The predicted octanol–water partition coefficient (Wildman–Crippen LogP) is 18.6. The summed E-state index contributed by atoms with van der Waals surface area (Å²) in [7, 11) is 4.44. The first-order valence-electron chi connectivity index (χ1n) is 41.4. The topological polar surface area (TPSA) is 74.8 Å². The van der Waals surface area contributed by atoms with Crippen molar-refractivity contribution in [3.63, 3.8) is 0 Å². The van der Waals surface area contributed by atoms with Crippen molar-refractivity contribution in [2.75, 3.05) is 59.9 Å². The molecule has 4 aromatic carbocycles. The minimum Gasteiger partial charge on any atom is -0.485 e. The Bertz CT molecular complexity index is 3980. The molecule has 6 heterocycles. The van der Waals surface area contributed by atoms with Crippen molar-refractivity contribution >= 4 is 11.6 Å². The van der Waals surface area contributed by atoms with Crippen LogP contribution >= 0.6 is 0 Å². The first-order chi connectivity index (χ1) is 48.6. The van der Waals surface area contributed by atoms with Crippen LogP contribution in [0.2, 0.25) is 0 Å². The van der Waals surface area contributed by atoms with E-state index in [4.69, 9.17) is 14.2 Å². The smallest absolute Gasteiger partial charge is 0.174 e. The molecule has 102 heavy (non-hydrogen) atoms. The lowest BCUT2D eigenvalue weighted by Crippen LogP contribution is -2.71. The average molecular weight is 1380 g/mol. The van der Waals surface area contributed by atoms with Crippen LogP contribution in [0.3, 0.4) is 0 Å². The minimum absolute atomic E-state index is 0.0253. The highest BCUT2D eigenvalue weighted by Crippen LogP contribution is 2.72. The van der Waals surface area contributed by atoms with Gasteiger partial charge < -0.3 is 19.1 Å². The number of rotatable bonds is 12. The number of carbonyl (C=O) groups is 2. The Balaban J connectivity index is 0.000000106. The van der Waals surface area contributed by atoms with Gasteiger partial charge in [0.25, 0.3) is 0 Å². The van der Waals surface area contributed by atoms with Crippen LogP contribution in [0.15, 0.2) is 85.5 Å². The van der Waals surface area contributed by atoms with E-state index < -0.39 is 0 Å². The van der Waals surface area contributed by atoms with Gasteiger partial charge in [0.2, 0.25) is 0 Å². The van der Waals surface area contributed by atoms with Crippen molar-refractivity contribution in [1.82, 2.24) is 19.6 Å². The number of benzene rings is 4. The molecule has 3 saturated heterocycles. The zero-order chi connectivity index (χ0) is 71.8. The fourth-order valence-electron chi connectivity index (χ4n) is 26.1. The number of hydrogen-bond acceptors (Lipinski definition) is 9. The number of likely N-dealkylation sites (tertiary alicyclic amines) is 3. The van der Waals surface area contributed by atoms with E-state index in [0.29, 0.717) is 71.1 Å². The summed E-state index contributed by atoms with van der Waals surface area (Å²) in [6.45, 7) is 47.1. The molecule has 15 aliphatic rings. The Hall–Kier alpha value is -5.06. The number of ketones is 2. The van der Waals surface area contributed by atoms with Gasteiger partial charge in [0, 0.05) is 84.7 Å². The molecule has 6 aliphatic heterocycles. The Morgan fingerprint density at radius 1 is 0.569 bits per heavy atom. The van der Waals surface area contributed by atoms with Gasteiger partial charge in [-0.3, -0.25) is 24.3 Å². The van der Waals surface area contributed by atoms with Crippen molar-refractivity contribution in [3.05, 3.63) is 147 Å². The minimum atomic E-state index is -0.274. The lowest BCUT2D eigenvalue weighted by molar-refractivity contribution is -0.152. The molecule has 0 amide bonds. The fraction of sp³-hybridized carbons (Fsp3) is 0.677. The van der Waals surface area contributed by atoms with Crippen molar-refractivity contribution < 1.29 is 23.8 Å². The fourth-order valence-corrected chi connectivity index (χ4v) is 26.1. The SMILES string of the molecule is C=C1CCC2(C)C3Cc4ccc(C(C)C)c5c4C2(CCN3CC2CCC2)C1O5.C=CCN1CCC23c4c5ccc(C(C)C)c4OC2C(=O)CCC3(C)C1C5.CC(C)(C)c1ccc2c3c1OC1C(=O)CCC4(C)C(C2)N(CC2CC2)CCC314.Cc1cccc(C2(C(C)C)CCCCC2CN(C)C)c1. The molecule has 9 heteroatoms. The van der Waals surface area contributed by atoms with E-state index in [1.165, 1.54) is 159 Å². The molecule has 550 valence electrons. The average Bonchev–Trinajstić information content (AvgIpc) is 1.44. The molecule has 6 saturated carbocycles. The third kappa shape index (κ3) is 10.3. The van der Waals surface area contributed by atoms with E-state index in [0.717, 1.165) is 93.8 Å². The van der Waals surface area contributed by atoms with Gasteiger partial charge in [0.1, 0.15) is 23.4 Å². The van der Waals surface area contributed by atoms with Gasteiger partial charge in [-0.15, -0.1) is 6.58 Å². The van der Waals surface area contributed by atoms with Crippen LogP contribution in [-0.4, -0.2) is 128 Å². The number of hydrogen-bond donors (Lipinski definition) is 0. The summed E-state index contributed by atoms with van der Waals surface area (Å²) in [5, 5.41) is 0. The summed E-state index contributed by atoms with van der Waals surface area (Å²) >= 11 is 0. The second-order valence-electron chi connectivity index (χ2n) is 39.0. The van der Waals surface area contributed by atoms with Gasteiger partial charge in [-0.2, -0.15) is 0 Å². The number of piperidine rings is 3. The molecule has 9 fully saturated rings. The summed E-state index contributed by atoms with van der Waals surface area (Å²) in [6, 6.07) is 25.0. The summed E-state index contributed by atoms with van der Waals surface area (Å²) in [5.41, 5.74) is 18.1. The molecular weight excluding hydrogens is 1250 g/mol. The number of aryl methyl sites for hydroxylation is 1. The van der Waals surface area contributed by atoms with Crippen LogP contribution in [0.5, 0.6) is 17.2 Å². The maximum Gasteiger partial charge on any atom is 0.174 e. The van der Waals surface area contributed by atoms with Crippen molar-refractivity contribution in [2.45, 2.75) is 300 Å². The van der Waals surface area contributed by atoms with E-state index in [1.54, 1.807) is 16.7 Å². The Labute approximate surface area is 615 Å². The van der Waals surface area contributed by atoms with Crippen LogP contribution in [0.4, 0.5) is 0 Å². The van der Waals surface area contributed by atoms with Crippen LogP contribution in [-0.2, 0) is 55.9 Å². The van der Waals surface area contributed by atoms with Crippen molar-refractivity contribution in [1.29, 1.82) is 0 Å². The summed E-state index contributed by atoms with van der Waals surface area (Å²) < 4.78 is 20.1. The number of carbonyl (C=O) groups excluding carboxylic acids is 2. The zero-order valence-electron chi connectivity index (χ0n) is 65.8. The Morgan fingerprint density at radius 2 is 1.05 bits per heavy atom. The highest BCUT2D eigenvalue weighted by atomic mass is 16.5. The largest absolute Gasteiger partial charge is 0.485 e. The van der Waals surface area contributed by atoms with E-state index in [2.05, 4.69) is 198 Å². The Morgan fingerprint density at radius 3 is 1.53 bits per heavy atom. The third-order valence-electron chi connectivity index (χ3n) is 31.7. The van der Waals surface area contributed by atoms with Crippen LogP contribution in [0.1, 0.15) is 272 Å². The van der Waals surface area contributed by atoms with Gasteiger partial charge in [-0.05, 0) is 245 Å². The Kier molecular flexibility index (Phi) is 17.8. The summed E-state index contributed by atoms with van der Waals surface area (Å²) in [4.78, 5) is 36.8. The highest BCUT2D eigenvalue weighted by Gasteiger charge is 2.74. The maximum absolute atomic E-state index is 13.2. The lowest BCUT2D eigenvalue weighted by Gasteiger charge is -2.65. The van der Waals surface area contributed by atoms with Gasteiger partial charge >= 0.3 is 0 Å². The second-order valence-corrected chi connectivity index (χ2v) is 39.0. The molecule has 4 aromatic rings. The molecule has 0 radical (unpaired) electrons. The number of nitrogens with zero attached hydrogens (tertiary/aromatic N) is 4. The summed E-state index contributed by atoms with van der Waals surface area (Å²) in [6.07, 6.45) is 26.9. The van der Waals surface area contributed by atoms with Gasteiger partial charge in [0.15, 0.2) is 23.8 Å². The molecule has 9 nitrogen and oxygen atoms in total. The predicted molar refractivity (Wildman–Crippen MR) is 415 cm³/mol. The maximum atomic E-state index is 13.2. The normalized spacial score (nSPS) is 36.3. The summed E-state index contributed by atoms with van der Waals surface area (Å²) in [5.74, 6) is 8.31. The molecule has 14 atom stereocenters. The molecule has 19 rings (SSSR count). The van der Waals surface area contributed by atoms with E-state index in [1.807, 2.05) is 6.08 Å². The van der Waals surface area contributed by atoms with Crippen molar-refractivity contribution in [2.24, 2.45) is 39.9 Å². The number of ether oxygens (including phenoxy) is 3. The molecule has 3 spiro atoms. The zero-order valence-corrected chi connectivity index (χ0v) is 65.8. The first-order valence-corrected chi connectivity index (χ1v) is 41.4. The lowest BCUT2D eigenvalue weighted by atomic mass is 9.43. The third-order valence-corrected chi connectivity index (χ3v) is 31.7. The van der Waals surface area contributed by atoms with Gasteiger partial charge in [0.05, 0.1) is 10.8 Å². The quantitative estimate of drug-likeness (QED) is 0.129. The molecule has 0 N–H and O–H groups in total. The van der Waals surface area contributed by atoms with E-state index >= 15 is 0 Å². The first kappa shape index (κ1) is 71.2. The van der Waals surface area contributed by atoms with Crippen LogP contribution in [0, 0.1) is 46.8 Å². The van der Waals surface area contributed by atoms with E-state index in [9.17, 15) is 9.59 Å². The number of Topliss-reactive ketones (excluding diaryl/α,β-unsaturated/α-hetero) is 2. The van der Waals surface area contributed by atoms with Gasteiger partial charge in [-0.1, -0.05) is 181 Å². The van der Waals surface area contributed by atoms with Crippen LogP contribution in [0.25, 0.3) is 0 Å². The monoisotopic (exact) mass is 1380 g/mol. The molecular formula is C93H128N4O5. The second kappa shape index (κ2) is 25.6. The molecule has 9 aliphatic carbocycles. The molecule has 0 aromatic heterocycles. The van der Waals surface area contributed by atoms with Crippen LogP contribution < -0.4 is 14.2 Å².